The third-order valence-electron chi connectivity index (χ3n) is 0.591. The molecule has 0 radical (unpaired) electrons. The van der Waals surface area contributed by atoms with Gasteiger partial charge in [-0.3, -0.25) is 0 Å². The number of nitro groups is 4. The largest absolute Gasteiger partial charge is 1.00 e. The van der Waals surface area contributed by atoms with E-state index in [0.29, 0.717) is 0 Å². The van der Waals surface area contributed by atoms with Gasteiger partial charge in [0, 0.05) is 0 Å². The molecule has 0 aromatic rings. The molecule has 0 fully saturated rings. The molecule has 0 heterocycles. The van der Waals surface area contributed by atoms with E-state index in [0.717, 1.165) is 0 Å². The van der Waals surface area contributed by atoms with Gasteiger partial charge in [-0.2, -0.15) is 0 Å². The average Bonchev–Trinajstić information content (AvgIpc) is 1.82. The second-order valence-electron chi connectivity index (χ2n) is 1.10. The summed E-state index contributed by atoms with van der Waals surface area (Å²) in [5.74, 6) is 0. The van der Waals surface area contributed by atoms with Gasteiger partial charge >= 0.3 is 73.4 Å². The van der Waals surface area contributed by atoms with Crippen LogP contribution in [0.3, 0.4) is 0 Å². The Bertz CT molecular complexity index is 236. The number of hydrogen-bond acceptors (Lipinski definition) is 8. The van der Waals surface area contributed by atoms with Crippen molar-refractivity contribution in [1.29, 1.82) is 0 Å². The van der Waals surface area contributed by atoms with Crippen LogP contribution in [0.15, 0.2) is 0 Å². The van der Waals surface area contributed by atoms with E-state index in [9.17, 15) is 40.5 Å². The molecule has 12 nitrogen and oxygen atoms in total. The van der Waals surface area contributed by atoms with Gasteiger partial charge in [-0.15, -0.1) is 0 Å². The first-order valence-electron chi connectivity index (χ1n) is 2.00. The fourth-order valence-electron chi connectivity index (χ4n) is 0.241. The van der Waals surface area contributed by atoms with Crippen LogP contribution in [0, 0.1) is 40.5 Å². The summed E-state index contributed by atoms with van der Waals surface area (Å²) in [6, 6.07) is 0. The quantitative estimate of drug-likeness (QED) is 0.339. The molecule has 0 saturated carbocycles. The Morgan fingerprint density at radius 1 is 0.692 bits per heavy atom. The Labute approximate surface area is 74.0 Å². The summed E-state index contributed by atoms with van der Waals surface area (Å²) in [4.78, 5) is 39.6. The Balaban J connectivity index is 0. The van der Waals surface area contributed by atoms with Crippen molar-refractivity contribution in [2.45, 2.75) is 0 Å². The first-order chi connectivity index (χ1) is 5.77. The van der Waals surface area contributed by atoms with Crippen LogP contribution in [0.4, 0.5) is 0 Å². The van der Waals surface area contributed by atoms with E-state index < -0.39 is 31.5 Å². The van der Waals surface area contributed by atoms with Crippen LogP contribution in [0.1, 0.15) is 1.43 Å². The van der Waals surface area contributed by atoms with Gasteiger partial charge in [0.05, 0.1) is 0 Å². The normalized spacial score (nSPS) is 11.7. The van der Waals surface area contributed by atoms with Gasteiger partial charge in [-0.05, 0) is 0 Å². The van der Waals surface area contributed by atoms with Gasteiger partial charge in [-0.1, -0.05) is 0 Å². The van der Waals surface area contributed by atoms with E-state index in [1.54, 1.807) is 0 Å². The summed E-state index contributed by atoms with van der Waals surface area (Å²) in [6.45, 7) is 0. The van der Waals surface area contributed by atoms with Gasteiger partial charge in [0.25, 0.3) is 0 Å². The van der Waals surface area contributed by atoms with Crippen LogP contribution in [0.5, 0.6) is 0 Å². The summed E-state index contributed by atoms with van der Waals surface area (Å²) >= 11 is -6.62. The molecular weight excluding hydrogens is 381 g/mol. The predicted molar refractivity (Wildman–Crippen MR) is 29.1 cm³/mol. The molecule has 0 aliphatic carbocycles. The minimum Gasteiger partial charge on any atom is 1.00 e. The topological polar surface area (TPSA) is 173 Å². The molecule has 0 saturated heterocycles. The second-order valence-corrected chi connectivity index (χ2v) is 6.86. The van der Waals surface area contributed by atoms with Gasteiger partial charge in [0.15, 0.2) is 0 Å². The smallest absolute Gasteiger partial charge is 1.00 e. The van der Waals surface area contributed by atoms with Crippen molar-refractivity contribution in [3.63, 3.8) is 0 Å². The zero-order valence-corrected chi connectivity index (χ0v) is 7.52. The fourth-order valence-corrected chi connectivity index (χ4v) is 1.97. The van der Waals surface area contributed by atoms with Gasteiger partial charge in [0.1, 0.15) is 0 Å². The predicted octanol–water partition coefficient (Wildman–Crippen LogP) is -0.980. The molecule has 0 amide bonds. The first-order valence-corrected chi connectivity index (χ1v) is 5.88. The summed E-state index contributed by atoms with van der Waals surface area (Å²) in [7, 11) is 0. The maximum atomic E-state index is 9.90. The van der Waals surface area contributed by atoms with Crippen LogP contribution >= 0.6 is 0 Å². The third kappa shape index (κ3) is 1.44. The molecule has 0 unspecified atom stereocenters. The average molecular weight is 382 g/mol. The zero-order chi connectivity index (χ0) is 10.8. The molecule has 13 heteroatoms. The number of rotatable bonds is 4. The molecule has 0 aromatic heterocycles. The van der Waals surface area contributed by atoms with E-state index >= 15 is 0 Å². The van der Waals surface area contributed by atoms with Crippen molar-refractivity contribution in [3.8, 4) is 0 Å². The molecular formula is HAuN4O8. The molecule has 0 aliphatic heterocycles. The fraction of sp³-hybridized carbons (Fsp3) is 0. The van der Waals surface area contributed by atoms with Gasteiger partial charge in [0.2, 0.25) is 0 Å². The van der Waals surface area contributed by atoms with Crippen molar-refractivity contribution >= 4 is 0 Å². The molecule has 0 aromatic carbocycles. The summed E-state index contributed by atoms with van der Waals surface area (Å²) < 4.78 is -8.06. The summed E-state index contributed by atoms with van der Waals surface area (Å²) in [6.07, 6.45) is 0. The molecule has 13 heavy (non-hydrogen) atoms. The van der Waals surface area contributed by atoms with E-state index in [1.807, 2.05) is 0 Å². The second kappa shape index (κ2) is 3.38. The SMILES string of the molecule is O=[N+]([O-])[Au-]([N+](=O)[O-])([N+](=O)[O-])[N+](=O)[O-].[H+]. The number of nitrogens with zero attached hydrogens (tertiary/aromatic N) is 4. The summed E-state index contributed by atoms with van der Waals surface area (Å²) in [5.41, 5.74) is 0. The van der Waals surface area contributed by atoms with Crippen molar-refractivity contribution in [2.24, 2.45) is 0 Å². The molecule has 0 rings (SSSR count). The van der Waals surface area contributed by atoms with Crippen molar-refractivity contribution in [2.75, 3.05) is 0 Å². The zero-order valence-electron chi connectivity index (χ0n) is 6.36. The molecule has 0 N–H and O–H groups in total. The van der Waals surface area contributed by atoms with E-state index in [1.165, 1.54) is 0 Å². The molecule has 0 bridgehead atoms. The molecule has 80 valence electrons. The van der Waals surface area contributed by atoms with E-state index in [4.69, 9.17) is 0 Å². The summed E-state index contributed by atoms with van der Waals surface area (Å²) in [5, 5.41) is 39.6. The standard InChI is InChI=1S/Au.4NO2/c;4*2-1-3/q-1;;;;/p+1. The molecule has 0 atom stereocenters. The van der Waals surface area contributed by atoms with Crippen molar-refractivity contribution in [3.05, 3.63) is 40.5 Å². The maximum Gasteiger partial charge on any atom is 1.00 e. The van der Waals surface area contributed by atoms with Crippen LogP contribution in [-0.4, -0.2) is 13.3 Å². The minimum atomic E-state index is -6.62. The van der Waals surface area contributed by atoms with E-state index in [2.05, 4.69) is 0 Å². The molecule has 0 spiro atoms. The van der Waals surface area contributed by atoms with Crippen molar-refractivity contribution < 1.29 is 32.9 Å². The Kier molecular flexibility index (Phi) is 2.95. The Hall–Kier alpha value is -1.66. The third-order valence-corrected chi connectivity index (χ3v) is 4.84. The first kappa shape index (κ1) is 11.3. The van der Waals surface area contributed by atoms with Crippen LogP contribution in [0.2, 0.25) is 0 Å². The Morgan fingerprint density at radius 2 is 0.846 bits per heavy atom. The van der Waals surface area contributed by atoms with Crippen LogP contribution in [-0.2, 0) is 18.2 Å². The Morgan fingerprint density at radius 3 is 0.846 bits per heavy atom. The van der Waals surface area contributed by atoms with Gasteiger partial charge in [-0.25, -0.2) is 0 Å². The van der Waals surface area contributed by atoms with Crippen LogP contribution < -0.4 is 0 Å². The van der Waals surface area contributed by atoms with Gasteiger partial charge < -0.3 is 0 Å². The monoisotopic (exact) mass is 382 g/mol. The van der Waals surface area contributed by atoms with Crippen molar-refractivity contribution in [1.82, 2.24) is 0 Å². The maximum absolute atomic E-state index is 9.90. The molecule has 0 aliphatic rings. The minimum absolute atomic E-state index is 0. The van der Waals surface area contributed by atoms with Crippen LogP contribution in [0.25, 0.3) is 0 Å². The number of hydrogen-bond donors (Lipinski definition) is 0. The van der Waals surface area contributed by atoms with E-state index in [-0.39, 0.29) is 1.43 Å².